The summed E-state index contributed by atoms with van der Waals surface area (Å²) in [6.07, 6.45) is 0. The monoisotopic (exact) mass is 296 g/mol. The highest BCUT2D eigenvalue weighted by Crippen LogP contribution is 2.27. The third kappa shape index (κ3) is 2.80. The van der Waals surface area contributed by atoms with Gasteiger partial charge in [0.05, 0.1) is 0 Å². The van der Waals surface area contributed by atoms with Crippen LogP contribution in [0.2, 0.25) is 5.02 Å². The van der Waals surface area contributed by atoms with Crippen molar-refractivity contribution in [3.05, 3.63) is 33.7 Å². The Labute approximate surface area is 119 Å². The maximum atomic E-state index is 12.1. The first-order valence-electron chi connectivity index (χ1n) is 5.53. The van der Waals surface area contributed by atoms with E-state index in [2.05, 4.69) is 15.6 Å². The van der Waals surface area contributed by atoms with Crippen LogP contribution in [0.1, 0.15) is 15.2 Å². The van der Waals surface area contributed by atoms with Gasteiger partial charge in [0.25, 0.3) is 5.91 Å². The van der Waals surface area contributed by atoms with Gasteiger partial charge in [0.15, 0.2) is 5.13 Å². The van der Waals surface area contributed by atoms with Gasteiger partial charge in [-0.2, -0.15) is 0 Å². The largest absolute Gasteiger partial charge is 0.382 e. The zero-order chi connectivity index (χ0) is 14.0. The molecule has 100 valence electrons. The number of nitrogens with two attached hydrogens (primary N) is 1. The number of aromatic nitrogens is 1. The number of nitrogen functional groups attached to an aromatic ring is 1. The van der Waals surface area contributed by atoms with Gasteiger partial charge in [-0.15, -0.1) is 0 Å². The molecule has 0 radical (unpaired) electrons. The minimum Gasteiger partial charge on any atom is -0.382 e. The van der Waals surface area contributed by atoms with Crippen LogP contribution in [0.5, 0.6) is 0 Å². The van der Waals surface area contributed by atoms with Crippen LogP contribution in [0, 0.1) is 6.92 Å². The van der Waals surface area contributed by atoms with Crippen LogP contribution in [-0.4, -0.2) is 17.9 Å². The summed E-state index contributed by atoms with van der Waals surface area (Å²) < 4.78 is 0. The molecule has 1 aromatic carbocycles. The van der Waals surface area contributed by atoms with Crippen molar-refractivity contribution in [3.63, 3.8) is 0 Å². The van der Waals surface area contributed by atoms with Crippen molar-refractivity contribution in [1.82, 2.24) is 4.98 Å². The lowest BCUT2D eigenvalue weighted by molar-refractivity contribution is 0.103. The van der Waals surface area contributed by atoms with Gasteiger partial charge in [0.2, 0.25) is 0 Å². The van der Waals surface area contributed by atoms with E-state index < -0.39 is 0 Å². The molecule has 0 bridgehead atoms. The SMILES string of the molecule is CNc1nc(N)c(C(=O)Nc2cccc(Cl)c2C)s1. The first kappa shape index (κ1) is 13.6. The zero-order valence-electron chi connectivity index (χ0n) is 10.5. The second kappa shape index (κ2) is 5.46. The molecule has 5 nitrogen and oxygen atoms in total. The quantitative estimate of drug-likeness (QED) is 0.813. The van der Waals surface area contributed by atoms with E-state index in [1.165, 1.54) is 11.3 Å². The number of hydrogen-bond donors (Lipinski definition) is 3. The number of nitrogens with one attached hydrogen (secondary N) is 2. The lowest BCUT2D eigenvalue weighted by Gasteiger charge is -2.08. The molecule has 1 aromatic heterocycles. The lowest BCUT2D eigenvalue weighted by Crippen LogP contribution is -2.13. The predicted octanol–water partition coefficient (Wildman–Crippen LogP) is 2.98. The molecule has 0 spiro atoms. The highest BCUT2D eigenvalue weighted by molar-refractivity contribution is 7.18. The molecule has 2 aromatic rings. The number of carbonyl (C=O) groups excluding carboxylic acids is 1. The summed E-state index contributed by atoms with van der Waals surface area (Å²) in [4.78, 5) is 16.5. The van der Waals surface area contributed by atoms with Crippen LogP contribution in [0.25, 0.3) is 0 Å². The summed E-state index contributed by atoms with van der Waals surface area (Å²) in [7, 11) is 1.72. The fourth-order valence-corrected chi connectivity index (χ4v) is 2.43. The molecular formula is C12H13ClN4OS. The predicted molar refractivity (Wildman–Crippen MR) is 80.2 cm³/mol. The molecule has 0 fully saturated rings. The molecular weight excluding hydrogens is 284 g/mol. The van der Waals surface area contributed by atoms with Crippen molar-refractivity contribution in [1.29, 1.82) is 0 Å². The number of hydrogen-bond acceptors (Lipinski definition) is 5. The molecule has 0 unspecified atom stereocenters. The molecule has 0 aliphatic carbocycles. The smallest absolute Gasteiger partial charge is 0.269 e. The van der Waals surface area contributed by atoms with Crippen LogP contribution in [0.3, 0.4) is 0 Å². The summed E-state index contributed by atoms with van der Waals surface area (Å²) in [6, 6.07) is 5.34. The van der Waals surface area contributed by atoms with Crippen LogP contribution < -0.4 is 16.4 Å². The summed E-state index contributed by atoms with van der Waals surface area (Å²) in [5, 5.41) is 6.84. The maximum absolute atomic E-state index is 12.1. The molecule has 1 amide bonds. The van der Waals surface area contributed by atoms with Crippen molar-refractivity contribution in [2.75, 3.05) is 23.4 Å². The van der Waals surface area contributed by atoms with E-state index in [4.69, 9.17) is 17.3 Å². The molecule has 0 saturated carbocycles. The van der Waals surface area contributed by atoms with Gasteiger partial charge in [-0.05, 0) is 24.6 Å². The van der Waals surface area contributed by atoms with Gasteiger partial charge in [-0.3, -0.25) is 4.79 Å². The molecule has 1 heterocycles. The summed E-state index contributed by atoms with van der Waals surface area (Å²) in [6.45, 7) is 1.84. The van der Waals surface area contributed by atoms with Gasteiger partial charge in [-0.1, -0.05) is 29.0 Å². The Morgan fingerprint density at radius 2 is 2.21 bits per heavy atom. The van der Waals surface area contributed by atoms with Gasteiger partial charge >= 0.3 is 0 Å². The van der Waals surface area contributed by atoms with E-state index in [1.54, 1.807) is 25.2 Å². The lowest BCUT2D eigenvalue weighted by atomic mass is 10.2. The molecule has 0 aliphatic rings. The topological polar surface area (TPSA) is 80.0 Å². The summed E-state index contributed by atoms with van der Waals surface area (Å²) in [5.41, 5.74) is 7.19. The normalized spacial score (nSPS) is 10.3. The molecule has 19 heavy (non-hydrogen) atoms. The van der Waals surface area contributed by atoms with Crippen molar-refractivity contribution in [2.45, 2.75) is 6.92 Å². The third-order valence-corrected chi connectivity index (χ3v) is 4.09. The second-order valence-electron chi connectivity index (χ2n) is 3.85. The Morgan fingerprint density at radius 3 is 2.84 bits per heavy atom. The van der Waals surface area contributed by atoms with Gasteiger partial charge in [0.1, 0.15) is 10.7 Å². The Bertz CT molecular complexity index is 626. The van der Waals surface area contributed by atoms with Crippen LogP contribution in [0.15, 0.2) is 18.2 Å². The van der Waals surface area contributed by atoms with Crippen molar-refractivity contribution in [2.24, 2.45) is 0 Å². The van der Waals surface area contributed by atoms with Crippen molar-refractivity contribution in [3.8, 4) is 0 Å². The van der Waals surface area contributed by atoms with Gasteiger partial charge in [0, 0.05) is 17.8 Å². The number of amides is 1. The van der Waals surface area contributed by atoms with E-state index in [0.717, 1.165) is 5.56 Å². The number of thiazole rings is 1. The fraction of sp³-hybridized carbons (Fsp3) is 0.167. The number of anilines is 3. The van der Waals surface area contributed by atoms with E-state index >= 15 is 0 Å². The molecule has 0 saturated heterocycles. The molecule has 2 rings (SSSR count). The van der Waals surface area contributed by atoms with E-state index in [9.17, 15) is 4.79 Å². The third-order valence-electron chi connectivity index (χ3n) is 2.59. The highest BCUT2D eigenvalue weighted by atomic mass is 35.5. The second-order valence-corrected chi connectivity index (χ2v) is 5.26. The van der Waals surface area contributed by atoms with Crippen LogP contribution >= 0.6 is 22.9 Å². The van der Waals surface area contributed by atoms with Crippen molar-refractivity contribution >= 4 is 45.5 Å². The van der Waals surface area contributed by atoms with E-state index in [0.29, 0.717) is 20.7 Å². The standard InChI is InChI=1S/C12H13ClN4OS/c1-6-7(13)4-3-5-8(6)16-11(18)9-10(14)17-12(15-2)19-9/h3-5H,14H2,1-2H3,(H,15,17)(H,16,18). The van der Waals surface area contributed by atoms with Gasteiger partial charge in [-0.25, -0.2) is 4.98 Å². The Morgan fingerprint density at radius 1 is 1.47 bits per heavy atom. The number of halogens is 1. The summed E-state index contributed by atoms with van der Waals surface area (Å²) in [5.74, 6) is -0.0756. The van der Waals surface area contributed by atoms with E-state index in [-0.39, 0.29) is 11.7 Å². The molecule has 0 atom stereocenters. The van der Waals surface area contributed by atoms with Crippen LogP contribution in [-0.2, 0) is 0 Å². The first-order chi connectivity index (χ1) is 9.02. The van der Waals surface area contributed by atoms with E-state index in [1.807, 2.05) is 6.92 Å². The fourth-order valence-electron chi connectivity index (χ4n) is 1.52. The average Bonchev–Trinajstić information content (AvgIpc) is 2.76. The Hall–Kier alpha value is -1.79. The highest BCUT2D eigenvalue weighted by Gasteiger charge is 2.16. The number of nitrogens with zero attached hydrogens (tertiary/aromatic N) is 1. The molecule has 4 N–H and O–H groups in total. The number of carbonyl (C=O) groups is 1. The summed E-state index contributed by atoms with van der Waals surface area (Å²) >= 11 is 7.21. The van der Waals surface area contributed by atoms with Gasteiger partial charge < -0.3 is 16.4 Å². The van der Waals surface area contributed by atoms with Crippen LogP contribution in [0.4, 0.5) is 16.6 Å². The first-order valence-corrected chi connectivity index (χ1v) is 6.73. The minimum absolute atomic E-state index is 0.214. The maximum Gasteiger partial charge on any atom is 0.269 e. The molecule has 7 heteroatoms. The zero-order valence-corrected chi connectivity index (χ0v) is 12.0. The average molecular weight is 297 g/mol. The minimum atomic E-state index is -0.290. The Kier molecular flexibility index (Phi) is 3.92. The van der Waals surface area contributed by atoms with Crippen molar-refractivity contribution < 1.29 is 4.79 Å². The Balaban J connectivity index is 2.25. The molecule has 0 aliphatic heterocycles. The number of rotatable bonds is 3. The number of benzene rings is 1.